The molecule has 8 nitrogen and oxygen atoms in total. The minimum atomic E-state index is -0.592. The minimum absolute atomic E-state index is 0.0195. The third kappa shape index (κ3) is 4.93. The molecule has 0 fully saturated rings. The Labute approximate surface area is 245 Å². The highest BCUT2D eigenvalue weighted by atomic mass is 32.1. The number of allylic oxidation sites excluding steroid dienone is 2. The molecule has 0 spiro atoms. The summed E-state index contributed by atoms with van der Waals surface area (Å²) in [7, 11) is 3.19. The third-order valence-corrected chi connectivity index (χ3v) is 8.20. The Balaban J connectivity index is 1.34. The lowest BCUT2D eigenvalue weighted by Crippen LogP contribution is -2.13. The molecule has 42 heavy (non-hydrogen) atoms. The average molecular weight is 576 g/mol. The number of aliphatic hydroxyl groups excluding tert-OH is 1. The van der Waals surface area contributed by atoms with Crippen LogP contribution in [0, 0.1) is 11.3 Å². The highest BCUT2D eigenvalue weighted by molar-refractivity contribution is 7.19. The lowest BCUT2D eigenvalue weighted by atomic mass is 10.0. The summed E-state index contributed by atoms with van der Waals surface area (Å²) in [5.41, 5.74) is 5.22. The van der Waals surface area contributed by atoms with Gasteiger partial charge in [-0.15, -0.1) is 11.3 Å². The zero-order valence-electron chi connectivity index (χ0n) is 22.9. The molecular weight excluding hydrogens is 550 g/mol. The number of ether oxygens (including phenoxy) is 3. The molecule has 5 aromatic rings. The molecule has 1 aliphatic carbocycles. The van der Waals surface area contributed by atoms with E-state index in [1.54, 1.807) is 14.2 Å². The molecule has 0 radical (unpaired) electrons. The molecule has 6 rings (SSSR count). The Kier molecular flexibility index (Phi) is 7.30. The largest absolute Gasteiger partial charge is 0.507 e. The van der Waals surface area contributed by atoms with Crippen molar-refractivity contribution in [3.63, 3.8) is 0 Å². The normalized spacial score (nSPS) is 14.0. The van der Waals surface area contributed by atoms with E-state index in [0.29, 0.717) is 45.8 Å². The first-order valence-corrected chi connectivity index (χ1v) is 14.0. The van der Waals surface area contributed by atoms with E-state index >= 15 is 0 Å². The smallest absolute Gasteiger partial charge is 0.339 e. The Morgan fingerprint density at radius 3 is 2.52 bits per heavy atom. The van der Waals surface area contributed by atoms with Crippen LogP contribution < -0.4 is 9.47 Å². The van der Waals surface area contributed by atoms with Gasteiger partial charge in [-0.1, -0.05) is 36.4 Å². The molecule has 3 aromatic carbocycles. The number of carbonyl (C=O) groups is 1. The van der Waals surface area contributed by atoms with Gasteiger partial charge in [0.15, 0.2) is 17.3 Å². The summed E-state index contributed by atoms with van der Waals surface area (Å²) in [6.07, 6.45) is 3.33. The lowest BCUT2D eigenvalue weighted by Gasteiger charge is -2.13. The maximum absolute atomic E-state index is 13.6. The predicted octanol–water partition coefficient (Wildman–Crippen LogP) is 7.00. The number of rotatable bonds is 7. The van der Waals surface area contributed by atoms with Crippen molar-refractivity contribution in [2.24, 2.45) is 0 Å². The molecule has 208 valence electrons. The van der Waals surface area contributed by atoms with Crippen molar-refractivity contribution in [1.82, 2.24) is 9.97 Å². The fourth-order valence-corrected chi connectivity index (χ4v) is 6.13. The van der Waals surface area contributed by atoms with Gasteiger partial charge in [0.2, 0.25) is 0 Å². The van der Waals surface area contributed by atoms with E-state index in [9.17, 15) is 15.2 Å². The van der Waals surface area contributed by atoms with Crippen molar-refractivity contribution >= 4 is 55.6 Å². The minimum Gasteiger partial charge on any atom is -0.507 e. The summed E-state index contributed by atoms with van der Waals surface area (Å²) in [4.78, 5) is 23.0. The topological polar surface area (TPSA) is 115 Å². The Morgan fingerprint density at radius 1 is 1.00 bits per heavy atom. The molecule has 0 saturated carbocycles. The molecular formula is C33H25N3O5S. The number of aromatic nitrogens is 2. The maximum atomic E-state index is 13.6. The number of hydrogen-bond donors (Lipinski definition) is 1. The molecule has 9 heteroatoms. The van der Waals surface area contributed by atoms with Gasteiger partial charge in [-0.2, -0.15) is 5.26 Å². The van der Waals surface area contributed by atoms with E-state index < -0.39 is 12.6 Å². The van der Waals surface area contributed by atoms with E-state index in [-0.39, 0.29) is 11.3 Å². The highest BCUT2D eigenvalue weighted by Crippen LogP contribution is 2.39. The average Bonchev–Trinajstić information content (AvgIpc) is 3.62. The van der Waals surface area contributed by atoms with Crippen molar-refractivity contribution in [3.8, 4) is 17.6 Å². The SMILES string of the molecule is COc1ccc(C=C2CCc3c2nc2ccccc2c3C(=O)OC/C(O)=C(\C#N)c2nc3ccccc3s2)cc1OC. The highest BCUT2D eigenvalue weighted by Gasteiger charge is 2.28. The first-order chi connectivity index (χ1) is 20.5. The summed E-state index contributed by atoms with van der Waals surface area (Å²) in [6.45, 7) is -0.461. The number of hydrogen-bond acceptors (Lipinski definition) is 9. The van der Waals surface area contributed by atoms with Crippen LogP contribution in [-0.2, 0) is 11.2 Å². The van der Waals surface area contributed by atoms with Crippen molar-refractivity contribution in [3.05, 3.63) is 99.9 Å². The van der Waals surface area contributed by atoms with Crippen LogP contribution in [0.2, 0.25) is 0 Å². The number of nitrogens with zero attached hydrogens (tertiary/aromatic N) is 3. The Morgan fingerprint density at radius 2 is 1.76 bits per heavy atom. The van der Waals surface area contributed by atoms with Gasteiger partial charge < -0.3 is 19.3 Å². The number of pyridine rings is 1. The number of methoxy groups -OCH3 is 2. The number of esters is 1. The third-order valence-electron chi connectivity index (χ3n) is 7.14. The summed E-state index contributed by atoms with van der Waals surface area (Å²) in [6, 6.07) is 22.6. The second-order valence-corrected chi connectivity index (χ2v) is 10.6. The summed E-state index contributed by atoms with van der Waals surface area (Å²) >= 11 is 1.29. The number of carbonyl (C=O) groups excluding carboxylic acids is 1. The molecule has 0 saturated heterocycles. The second kappa shape index (κ2) is 11.4. The van der Waals surface area contributed by atoms with Gasteiger partial charge in [-0.25, -0.2) is 14.8 Å². The number of benzene rings is 3. The van der Waals surface area contributed by atoms with Gasteiger partial charge in [-0.05, 0) is 65.9 Å². The summed E-state index contributed by atoms with van der Waals surface area (Å²) in [5, 5.41) is 21.6. The lowest BCUT2D eigenvalue weighted by molar-refractivity contribution is 0.0504. The zero-order valence-corrected chi connectivity index (χ0v) is 23.7. The van der Waals surface area contributed by atoms with Gasteiger partial charge in [0.1, 0.15) is 23.3 Å². The Bertz CT molecular complexity index is 1940. The van der Waals surface area contributed by atoms with E-state index in [1.165, 1.54) is 11.3 Å². The van der Waals surface area contributed by atoms with E-state index in [0.717, 1.165) is 32.6 Å². The molecule has 2 heterocycles. The van der Waals surface area contributed by atoms with Gasteiger partial charge >= 0.3 is 5.97 Å². The van der Waals surface area contributed by atoms with E-state index in [2.05, 4.69) is 4.98 Å². The molecule has 2 aromatic heterocycles. The monoisotopic (exact) mass is 575 g/mol. The molecule has 1 N–H and O–H groups in total. The fraction of sp³-hybridized carbons (Fsp3) is 0.152. The van der Waals surface area contributed by atoms with Gasteiger partial charge in [-0.3, -0.25) is 0 Å². The van der Waals surface area contributed by atoms with Crippen LogP contribution in [0.25, 0.3) is 38.3 Å². The number of thiazole rings is 1. The van der Waals surface area contributed by atoms with Gasteiger partial charge in [0.25, 0.3) is 0 Å². The second-order valence-electron chi connectivity index (χ2n) is 9.61. The number of fused-ring (bicyclic) bond motifs is 3. The molecule has 0 aliphatic heterocycles. The molecule has 0 unspecified atom stereocenters. The van der Waals surface area contributed by atoms with E-state index in [1.807, 2.05) is 78.9 Å². The van der Waals surface area contributed by atoms with E-state index in [4.69, 9.17) is 19.2 Å². The predicted molar refractivity (Wildman–Crippen MR) is 163 cm³/mol. The quantitative estimate of drug-likeness (QED) is 0.125. The first kappa shape index (κ1) is 27.0. The molecule has 0 atom stereocenters. The van der Waals surface area contributed by atoms with Crippen LogP contribution in [0.3, 0.4) is 0 Å². The fourth-order valence-electron chi connectivity index (χ4n) is 5.15. The summed E-state index contributed by atoms with van der Waals surface area (Å²) < 4.78 is 17.3. The standard InChI is InChI=1S/C33H25N3O5S/c1-39-27-14-11-19(16-28(27)40-2)15-20-12-13-22-30(21-7-3-4-8-24(21)35-31(20)22)33(38)41-18-26(37)23(17-34)32-36-25-9-5-6-10-29(25)42-32/h3-11,14-16,37H,12-13,18H2,1-2H3/b20-15?,26-23-. The molecule has 1 aliphatic rings. The van der Waals surface area contributed by atoms with Crippen molar-refractivity contribution in [1.29, 1.82) is 5.26 Å². The molecule has 0 bridgehead atoms. The zero-order chi connectivity index (χ0) is 29.2. The van der Waals surface area contributed by atoms with Crippen molar-refractivity contribution in [2.45, 2.75) is 12.8 Å². The van der Waals surface area contributed by atoms with Gasteiger partial charge in [0.05, 0.1) is 41.2 Å². The summed E-state index contributed by atoms with van der Waals surface area (Å²) in [5.74, 6) is 0.316. The number of para-hydroxylation sites is 2. The molecule has 0 amide bonds. The van der Waals surface area contributed by atoms with Crippen LogP contribution in [0.1, 0.15) is 38.6 Å². The van der Waals surface area contributed by atoms with Crippen LogP contribution in [0.5, 0.6) is 11.5 Å². The number of nitriles is 1. The van der Waals surface area contributed by atoms with Crippen molar-refractivity contribution in [2.75, 3.05) is 20.8 Å². The Hall–Kier alpha value is -5.20. The van der Waals surface area contributed by atoms with Crippen LogP contribution in [0.15, 0.2) is 72.5 Å². The van der Waals surface area contributed by atoms with Crippen LogP contribution in [0.4, 0.5) is 0 Å². The van der Waals surface area contributed by atoms with Crippen LogP contribution >= 0.6 is 11.3 Å². The number of aliphatic hydroxyl groups is 1. The first-order valence-electron chi connectivity index (χ1n) is 13.2. The maximum Gasteiger partial charge on any atom is 0.339 e. The van der Waals surface area contributed by atoms with Gasteiger partial charge in [0, 0.05) is 5.39 Å². The van der Waals surface area contributed by atoms with Crippen LogP contribution in [-0.4, -0.2) is 41.9 Å². The van der Waals surface area contributed by atoms with Crippen molar-refractivity contribution < 1.29 is 24.1 Å².